The molecule has 1 aromatic rings. The zero-order valence-corrected chi connectivity index (χ0v) is 10.9. The molecular weight excluding hydrogens is 230 g/mol. The summed E-state index contributed by atoms with van der Waals surface area (Å²) in [5.41, 5.74) is 1.01. The summed E-state index contributed by atoms with van der Waals surface area (Å²) in [5, 5.41) is 0. The second-order valence-electron chi connectivity index (χ2n) is 4.92. The standard InChI is InChI=1S/C14H17NO3/c1-14(2)12(16)8-9-15(14)11-6-4-10(5-7-11)13(17)18-3/h4-7H,8-9H2,1-3H3. The number of carbonyl (C=O) groups is 2. The molecule has 0 aliphatic carbocycles. The number of ketones is 1. The van der Waals surface area contributed by atoms with Gasteiger partial charge in [0.15, 0.2) is 5.78 Å². The lowest BCUT2D eigenvalue weighted by atomic mass is 10.00. The minimum Gasteiger partial charge on any atom is -0.465 e. The van der Waals surface area contributed by atoms with E-state index in [9.17, 15) is 9.59 Å². The number of esters is 1. The average molecular weight is 247 g/mol. The quantitative estimate of drug-likeness (QED) is 0.750. The van der Waals surface area contributed by atoms with Gasteiger partial charge in [-0.25, -0.2) is 4.79 Å². The Morgan fingerprint density at radius 2 is 1.89 bits per heavy atom. The highest BCUT2D eigenvalue weighted by Crippen LogP contribution is 2.31. The average Bonchev–Trinajstić information content (AvgIpc) is 2.63. The van der Waals surface area contributed by atoms with Crippen molar-refractivity contribution in [2.24, 2.45) is 0 Å². The van der Waals surface area contributed by atoms with E-state index in [4.69, 9.17) is 0 Å². The number of nitrogens with zero attached hydrogens (tertiary/aromatic N) is 1. The van der Waals surface area contributed by atoms with Crippen molar-refractivity contribution in [1.82, 2.24) is 0 Å². The fraction of sp³-hybridized carbons (Fsp3) is 0.429. The number of methoxy groups -OCH3 is 1. The molecule has 0 bridgehead atoms. The third-order valence-electron chi connectivity index (χ3n) is 3.52. The summed E-state index contributed by atoms with van der Waals surface area (Å²) in [7, 11) is 1.36. The number of carbonyl (C=O) groups excluding carboxylic acids is 2. The number of ether oxygens (including phenoxy) is 1. The second kappa shape index (κ2) is 4.44. The van der Waals surface area contributed by atoms with Crippen LogP contribution in [-0.4, -0.2) is 30.9 Å². The summed E-state index contributed by atoms with van der Waals surface area (Å²) in [5.74, 6) is -0.0992. The van der Waals surface area contributed by atoms with Crippen LogP contribution >= 0.6 is 0 Å². The maximum atomic E-state index is 11.8. The van der Waals surface area contributed by atoms with Gasteiger partial charge in [0.2, 0.25) is 0 Å². The van der Waals surface area contributed by atoms with E-state index in [1.54, 1.807) is 12.1 Å². The Hall–Kier alpha value is -1.84. The first-order chi connectivity index (χ1) is 8.46. The molecule has 1 heterocycles. The zero-order valence-electron chi connectivity index (χ0n) is 10.9. The molecule has 0 unspecified atom stereocenters. The molecule has 18 heavy (non-hydrogen) atoms. The fourth-order valence-electron chi connectivity index (χ4n) is 2.30. The Labute approximate surface area is 107 Å². The summed E-state index contributed by atoms with van der Waals surface area (Å²) in [4.78, 5) is 25.2. The van der Waals surface area contributed by atoms with Crippen LogP contribution in [0.2, 0.25) is 0 Å². The van der Waals surface area contributed by atoms with Gasteiger partial charge in [-0.05, 0) is 38.1 Å². The summed E-state index contributed by atoms with van der Waals surface area (Å²) in [6.07, 6.45) is 0.575. The normalized spacial score (nSPS) is 17.9. The van der Waals surface area contributed by atoms with E-state index in [1.807, 2.05) is 26.0 Å². The monoisotopic (exact) mass is 247 g/mol. The van der Waals surface area contributed by atoms with Crippen molar-refractivity contribution in [3.05, 3.63) is 29.8 Å². The molecule has 1 aliphatic rings. The Morgan fingerprint density at radius 3 is 2.33 bits per heavy atom. The van der Waals surface area contributed by atoms with Crippen LogP contribution in [0.5, 0.6) is 0 Å². The minimum absolute atomic E-state index is 0.250. The van der Waals surface area contributed by atoms with Crippen LogP contribution in [-0.2, 0) is 9.53 Å². The lowest BCUT2D eigenvalue weighted by Gasteiger charge is -2.32. The Kier molecular flexibility index (Phi) is 3.11. The number of hydrogen-bond donors (Lipinski definition) is 0. The first kappa shape index (κ1) is 12.6. The van der Waals surface area contributed by atoms with Crippen molar-refractivity contribution in [3.8, 4) is 0 Å². The molecule has 4 nitrogen and oxygen atoms in total. The van der Waals surface area contributed by atoms with Gasteiger partial charge in [-0.15, -0.1) is 0 Å². The molecule has 96 valence electrons. The molecule has 0 radical (unpaired) electrons. The number of benzene rings is 1. The molecule has 0 saturated carbocycles. The lowest BCUT2D eigenvalue weighted by molar-refractivity contribution is -0.120. The maximum Gasteiger partial charge on any atom is 0.337 e. The summed E-state index contributed by atoms with van der Waals surface area (Å²) in [6, 6.07) is 7.15. The molecule has 2 rings (SSSR count). The van der Waals surface area contributed by atoms with E-state index in [1.165, 1.54) is 7.11 Å². The van der Waals surface area contributed by atoms with E-state index < -0.39 is 5.54 Å². The fourth-order valence-corrected chi connectivity index (χ4v) is 2.30. The van der Waals surface area contributed by atoms with Crippen molar-refractivity contribution in [2.75, 3.05) is 18.6 Å². The molecule has 4 heteroatoms. The molecule has 0 N–H and O–H groups in total. The highest BCUT2D eigenvalue weighted by molar-refractivity contribution is 5.95. The molecule has 1 saturated heterocycles. The van der Waals surface area contributed by atoms with Crippen molar-refractivity contribution < 1.29 is 14.3 Å². The van der Waals surface area contributed by atoms with Crippen LogP contribution in [0.25, 0.3) is 0 Å². The molecule has 0 spiro atoms. The topological polar surface area (TPSA) is 46.6 Å². The number of rotatable bonds is 2. The van der Waals surface area contributed by atoms with Crippen molar-refractivity contribution >= 4 is 17.4 Å². The van der Waals surface area contributed by atoms with Gasteiger partial charge in [-0.2, -0.15) is 0 Å². The van der Waals surface area contributed by atoms with Gasteiger partial charge >= 0.3 is 5.97 Å². The highest BCUT2D eigenvalue weighted by Gasteiger charge is 2.39. The van der Waals surface area contributed by atoms with Gasteiger partial charge in [-0.3, -0.25) is 4.79 Å². The van der Waals surface area contributed by atoms with Crippen molar-refractivity contribution in [1.29, 1.82) is 0 Å². The molecule has 0 aromatic heterocycles. The molecule has 0 atom stereocenters. The predicted octanol–water partition coefficient (Wildman–Crippen LogP) is 2.03. The van der Waals surface area contributed by atoms with Gasteiger partial charge in [-0.1, -0.05) is 0 Å². The van der Waals surface area contributed by atoms with Crippen molar-refractivity contribution in [3.63, 3.8) is 0 Å². The Morgan fingerprint density at radius 1 is 1.28 bits per heavy atom. The molecule has 1 aromatic carbocycles. The third-order valence-corrected chi connectivity index (χ3v) is 3.52. The molecule has 1 aliphatic heterocycles. The van der Waals surface area contributed by atoms with E-state index in [-0.39, 0.29) is 11.8 Å². The van der Waals surface area contributed by atoms with Gasteiger partial charge in [0.1, 0.15) is 0 Å². The minimum atomic E-state index is -0.465. The number of anilines is 1. The van der Waals surface area contributed by atoms with Gasteiger partial charge in [0, 0.05) is 18.7 Å². The smallest absolute Gasteiger partial charge is 0.337 e. The van der Waals surface area contributed by atoms with E-state index >= 15 is 0 Å². The van der Waals surface area contributed by atoms with Crippen LogP contribution in [0.3, 0.4) is 0 Å². The summed E-state index contributed by atoms with van der Waals surface area (Å²) >= 11 is 0. The molecular formula is C14H17NO3. The predicted molar refractivity (Wildman–Crippen MR) is 68.8 cm³/mol. The number of Topliss-reactive ketones (excluding diaryl/α,β-unsaturated/α-hetero) is 1. The first-order valence-corrected chi connectivity index (χ1v) is 5.96. The Bertz CT molecular complexity index is 476. The van der Waals surface area contributed by atoms with Crippen molar-refractivity contribution in [2.45, 2.75) is 25.8 Å². The van der Waals surface area contributed by atoms with Gasteiger partial charge in [0.05, 0.1) is 18.2 Å². The second-order valence-corrected chi connectivity index (χ2v) is 4.92. The van der Waals surface area contributed by atoms with Crippen LogP contribution in [0.1, 0.15) is 30.6 Å². The largest absolute Gasteiger partial charge is 0.465 e. The summed E-state index contributed by atoms with van der Waals surface area (Å²) in [6.45, 7) is 4.58. The van der Waals surface area contributed by atoms with Crippen LogP contribution < -0.4 is 4.90 Å². The van der Waals surface area contributed by atoms with Crippen LogP contribution in [0.15, 0.2) is 24.3 Å². The maximum absolute atomic E-state index is 11.8. The van der Waals surface area contributed by atoms with Gasteiger partial charge in [0.25, 0.3) is 0 Å². The summed E-state index contributed by atoms with van der Waals surface area (Å²) < 4.78 is 4.65. The van der Waals surface area contributed by atoms with Crippen LogP contribution in [0.4, 0.5) is 5.69 Å². The third kappa shape index (κ3) is 1.98. The Balaban J connectivity index is 2.25. The van der Waals surface area contributed by atoms with Gasteiger partial charge < -0.3 is 9.64 Å². The van der Waals surface area contributed by atoms with E-state index in [2.05, 4.69) is 9.64 Å². The molecule has 0 amide bonds. The lowest BCUT2D eigenvalue weighted by Crippen LogP contribution is -2.42. The first-order valence-electron chi connectivity index (χ1n) is 5.96. The van der Waals surface area contributed by atoms with E-state index in [0.29, 0.717) is 12.0 Å². The SMILES string of the molecule is COC(=O)c1ccc(N2CCC(=O)C2(C)C)cc1. The number of hydrogen-bond acceptors (Lipinski definition) is 4. The van der Waals surface area contributed by atoms with E-state index in [0.717, 1.165) is 12.2 Å². The zero-order chi connectivity index (χ0) is 13.3. The molecule has 1 fully saturated rings. The highest BCUT2D eigenvalue weighted by atomic mass is 16.5. The van der Waals surface area contributed by atoms with Crippen LogP contribution in [0, 0.1) is 0 Å².